The number of aromatic nitrogens is 1. The van der Waals surface area contributed by atoms with Crippen LogP contribution in [0, 0.1) is 11.8 Å². The van der Waals surface area contributed by atoms with Crippen molar-refractivity contribution in [3.8, 4) is 0 Å². The van der Waals surface area contributed by atoms with E-state index in [4.69, 9.17) is 0 Å². The summed E-state index contributed by atoms with van der Waals surface area (Å²) in [5.41, 5.74) is 1.23. The van der Waals surface area contributed by atoms with Crippen molar-refractivity contribution in [2.24, 2.45) is 11.8 Å². The lowest BCUT2D eigenvalue weighted by Crippen LogP contribution is -2.20. The molecular formula is C17H22N2. The van der Waals surface area contributed by atoms with E-state index >= 15 is 0 Å². The Kier molecular flexibility index (Phi) is 3.67. The van der Waals surface area contributed by atoms with Crippen LogP contribution >= 0.6 is 0 Å². The van der Waals surface area contributed by atoms with E-state index in [1.807, 2.05) is 12.4 Å². The van der Waals surface area contributed by atoms with E-state index in [0.29, 0.717) is 0 Å². The molecule has 1 aromatic carbocycles. The maximum Gasteiger partial charge on any atom is 0.0435 e. The van der Waals surface area contributed by atoms with Crippen LogP contribution in [0.2, 0.25) is 0 Å². The Labute approximate surface area is 115 Å². The smallest absolute Gasteiger partial charge is 0.0435 e. The van der Waals surface area contributed by atoms with Gasteiger partial charge in [-0.3, -0.25) is 4.98 Å². The van der Waals surface area contributed by atoms with Gasteiger partial charge in [-0.2, -0.15) is 0 Å². The largest absolute Gasteiger partial charge is 0.384 e. The van der Waals surface area contributed by atoms with Crippen LogP contribution in [-0.4, -0.2) is 11.5 Å². The molecular weight excluding hydrogens is 232 g/mol. The van der Waals surface area contributed by atoms with Gasteiger partial charge in [-0.25, -0.2) is 0 Å². The van der Waals surface area contributed by atoms with E-state index in [1.54, 1.807) is 0 Å². The van der Waals surface area contributed by atoms with E-state index < -0.39 is 0 Å². The monoisotopic (exact) mass is 254 g/mol. The first kappa shape index (κ1) is 12.5. The molecule has 19 heavy (non-hydrogen) atoms. The number of nitrogens with zero attached hydrogens (tertiary/aromatic N) is 1. The third kappa shape index (κ3) is 2.89. The van der Waals surface area contributed by atoms with Crippen molar-refractivity contribution in [3.63, 3.8) is 0 Å². The Bertz CT molecular complexity index is 536. The molecule has 0 bridgehead atoms. The fourth-order valence-electron chi connectivity index (χ4n) is 3.06. The Morgan fingerprint density at radius 1 is 1.16 bits per heavy atom. The van der Waals surface area contributed by atoms with Crippen LogP contribution in [0.1, 0.15) is 32.6 Å². The molecule has 0 atom stereocenters. The van der Waals surface area contributed by atoms with Gasteiger partial charge in [0.15, 0.2) is 0 Å². The molecule has 1 aliphatic carbocycles. The highest BCUT2D eigenvalue weighted by Gasteiger charge is 2.17. The Morgan fingerprint density at radius 2 is 2.00 bits per heavy atom. The highest BCUT2D eigenvalue weighted by molar-refractivity contribution is 5.93. The summed E-state index contributed by atoms with van der Waals surface area (Å²) in [6.45, 7) is 3.47. The van der Waals surface area contributed by atoms with E-state index in [9.17, 15) is 0 Å². The molecule has 0 aliphatic heterocycles. The molecule has 2 aromatic rings. The second-order valence-electron chi connectivity index (χ2n) is 5.91. The maximum absolute atomic E-state index is 4.24. The number of nitrogens with one attached hydrogen (secondary N) is 1. The summed E-state index contributed by atoms with van der Waals surface area (Å²) in [4.78, 5) is 4.24. The van der Waals surface area contributed by atoms with Crippen molar-refractivity contribution >= 4 is 16.5 Å². The predicted octanol–water partition coefficient (Wildman–Crippen LogP) is 4.47. The van der Waals surface area contributed by atoms with Crippen molar-refractivity contribution < 1.29 is 0 Å². The first-order valence-corrected chi connectivity index (χ1v) is 7.39. The molecule has 1 aromatic heterocycles. The highest BCUT2D eigenvalue weighted by atomic mass is 14.9. The maximum atomic E-state index is 4.24. The zero-order chi connectivity index (χ0) is 13.1. The highest BCUT2D eigenvalue weighted by Crippen LogP contribution is 2.29. The SMILES string of the molecule is CC1CCC(CNc2cccc3ccncc23)CC1. The molecule has 0 saturated heterocycles. The summed E-state index contributed by atoms with van der Waals surface area (Å²) in [6.07, 6.45) is 9.34. The van der Waals surface area contributed by atoms with Gasteiger partial charge in [-0.15, -0.1) is 0 Å². The number of anilines is 1. The second-order valence-corrected chi connectivity index (χ2v) is 5.91. The molecule has 0 spiro atoms. The van der Waals surface area contributed by atoms with Crippen LogP contribution < -0.4 is 5.32 Å². The number of fused-ring (bicyclic) bond motifs is 1. The van der Waals surface area contributed by atoms with Crippen molar-refractivity contribution in [2.75, 3.05) is 11.9 Å². The van der Waals surface area contributed by atoms with E-state index in [2.05, 4.69) is 41.5 Å². The summed E-state index contributed by atoms with van der Waals surface area (Å²) in [6, 6.07) is 8.50. The van der Waals surface area contributed by atoms with Crippen molar-refractivity contribution in [2.45, 2.75) is 32.6 Å². The summed E-state index contributed by atoms with van der Waals surface area (Å²) >= 11 is 0. The Morgan fingerprint density at radius 3 is 2.84 bits per heavy atom. The van der Waals surface area contributed by atoms with Crippen molar-refractivity contribution in [1.82, 2.24) is 4.98 Å². The van der Waals surface area contributed by atoms with Crippen LogP contribution in [0.4, 0.5) is 5.69 Å². The molecule has 0 unspecified atom stereocenters. The Balaban J connectivity index is 1.68. The molecule has 0 radical (unpaired) electrons. The number of rotatable bonds is 3. The lowest BCUT2D eigenvalue weighted by Gasteiger charge is -2.26. The van der Waals surface area contributed by atoms with Crippen molar-refractivity contribution in [1.29, 1.82) is 0 Å². The average molecular weight is 254 g/mol. The molecule has 0 amide bonds. The summed E-state index contributed by atoms with van der Waals surface area (Å²) in [7, 11) is 0. The minimum absolute atomic E-state index is 0.836. The van der Waals surface area contributed by atoms with Gasteiger partial charge in [0, 0.05) is 30.0 Å². The third-order valence-electron chi connectivity index (χ3n) is 4.40. The molecule has 2 nitrogen and oxygen atoms in total. The number of hydrogen-bond acceptors (Lipinski definition) is 2. The first-order valence-electron chi connectivity index (χ1n) is 7.39. The van der Waals surface area contributed by atoms with Crippen LogP contribution in [0.15, 0.2) is 36.7 Å². The summed E-state index contributed by atoms with van der Waals surface area (Å²) < 4.78 is 0. The molecule has 1 heterocycles. The molecule has 1 saturated carbocycles. The van der Waals surface area contributed by atoms with Crippen molar-refractivity contribution in [3.05, 3.63) is 36.7 Å². The molecule has 2 heteroatoms. The average Bonchev–Trinajstić information content (AvgIpc) is 2.47. The summed E-state index contributed by atoms with van der Waals surface area (Å²) in [5, 5.41) is 6.12. The zero-order valence-corrected chi connectivity index (χ0v) is 11.6. The molecule has 3 rings (SSSR count). The topological polar surface area (TPSA) is 24.9 Å². The fraction of sp³-hybridized carbons (Fsp3) is 0.471. The zero-order valence-electron chi connectivity index (χ0n) is 11.6. The fourth-order valence-corrected chi connectivity index (χ4v) is 3.06. The Hall–Kier alpha value is -1.57. The lowest BCUT2D eigenvalue weighted by atomic mass is 9.83. The van der Waals surface area contributed by atoms with Crippen LogP contribution in [0.5, 0.6) is 0 Å². The predicted molar refractivity (Wildman–Crippen MR) is 81.4 cm³/mol. The van der Waals surface area contributed by atoms with Crippen LogP contribution in [0.3, 0.4) is 0 Å². The normalized spacial score (nSPS) is 23.4. The third-order valence-corrected chi connectivity index (χ3v) is 4.40. The van der Waals surface area contributed by atoms with Gasteiger partial charge in [-0.05, 0) is 42.2 Å². The van der Waals surface area contributed by atoms with E-state index in [0.717, 1.165) is 18.4 Å². The molecule has 1 aliphatic rings. The molecule has 1 fully saturated rings. The first-order chi connectivity index (χ1) is 9.33. The standard InChI is InChI=1S/C17H22N2/c1-13-5-7-14(8-6-13)11-19-17-4-2-3-15-9-10-18-12-16(15)17/h2-4,9-10,12-14,19H,5-8,11H2,1H3. The number of pyridine rings is 1. The number of benzene rings is 1. The quantitative estimate of drug-likeness (QED) is 0.874. The van der Waals surface area contributed by atoms with Gasteiger partial charge in [0.05, 0.1) is 0 Å². The molecule has 100 valence electrons. The van der Waals surface area contributed by atoms with Gasteiger partial charge in [0.1, 0.15) is 0 Å². The van der Waals surface area contributed by atoms with Gasteiger partial charge < -0.3 is 5.32 Å². The minimum Gasteiger partial charge on any atom is -0.384 e. The second kappa shape index (κ2) is 5.60. The lowest BCUT2D eigenvalue weighted by molar-refractivity contribution is 0.300. The van der Waals surface area contributed by atoms with E-state index in [-0.39, 0.29) is 0 Å². The van der Waals surface area contributed by atoms with Gasteiger partial charge in [0.2, 0.25) is 0 Å². The van der Waals surface area contributed by atoms with E-state index in [1.165, 1.54) is 42.1 Å². The van der Waals surface area contributed by atoms with Gasteiger partial charge >= 0.3 is 0 Å². The summed E-state index contributed by atoms with van der Waals surface area (Å²) in [5.74, 6) is 1.76. The van der Waals surface area contributed by atoms with Crippen LogP contribution in [-0.2, 0) is 0 Å². The molecule has 1 N–H and O–H groups in total. The van der Waals surface area contributed by atoms with Crippen LogP contribution in [0.25, 0.3) is 10.8 Å². The van der Waals surface area contributed by atoms with Gasteiger partial charge in [0.25, 0.3) is 0 Å². The van der Waals surface area contributed by atoms with Gasteiger partial charge in [-0.1, -0.05) is 31.9 Å². The number of hydrogen-bond donors (Lipinski definition) is 1. The minimum atomic E-state index is 0.836.